The average molecular weight is 440 g/mol. The van der Waals surface area contributed by atoms with E-state index >= 15 is 0 Å². The summed E-state index contributed by atoms with van der Waals surface area (Å²) in [6.07, 6.45) is -11.1. The largest absolute Gasteiger partial charge is 0.439 e. The monoisotopic (exact) mass is 440 g/mol. The second-order valence-corrected chi connectivity index (χ2v) is 6.54. The quantitative estimate of drug-likeness (QED) is 0.0955. The molecular formula is C16H24O14. The summed E-state index contributed by atoms with van der Waals surface area (Å²) in [5.41, 5.74) is -3.11. The minimum absolute atomic E-state index is 0.767. The van der Waals surface area contributed by atoms with Crippen LogP contribution < -0.4 is 0 Å². The first-order chi connectivity index (χ1) is 13.8. The van der Waals surface area contributed by atoms with Gasteiger partial charge < -0.3 is 40.1 Å². The lowest BCUT2D eigenvalue weighted by molar-refractivity contribution is -0.400. The molecule has 7 atom stereocenters. The number of hydrogen-bond donors (Lipinski definition) is 6. The number of rotatable bonds is 7. The van der Waals surface area contributed by atoms with Crippen LogP contribution in [0.2, 0.25) is 0 Å². The van der Waals surface area contributed by atoms with Gasteiger partial charge in [-0.25, -0.2) is 24.2 Å². The van der Waals surface area contributed by atoms with Gasteiger partial charge in [-0.15, -0.1) is 0 Å². The van der Waals surface area contributed by atoms with Gasteiger partial charge in [-0.2, -0.15) is 0 Å². The molecule has 1 saturated heterocycles. The number of esters is 1. The third-order valence-corrected chi connectivity index (χ3v) is 4.47. The Balaban J connectivity index is 3.49. The lowest BCUT2D eigenvalue weighted by Crippen LogP contribution is -2.76. The van der Waals surface area contributed by atoms with Gasteiger partial charge >= 0.3 is 17.9 Å². The SMILES string of the molecule is CCC(OC(=O)C(C)O)(C(=O)OOC(=O)C(C)=O)C1(O)O[C@H](CO)[C@@H](O)[C@H](O)[C@H]1O. The van der Waals surface area contributed by atoms with E-state index in [9.17, 15) is 49.8 Å². The Bertz CT molecular complexity index is 675. The molecule has 14 heteroatoms. The molecule has 0 aromatic heterocycles. The summed E-state index contributed by atoms with van der Waals surface area (Å²) in [7, 11) is 0. The van der Waals surface area contributed by atoms with Crippen molar-refractivity contribution in [2.75, 3.05) is 6.61 Å². The van der Waals surface area contributed by atoms with Crippen molar-refractivity contribution in [3.05, 3.63) is 0 Å². The van der Waals surface area contributed by atoms with Crippen molar-refractivity contribution in [3.8, 4) is 0 Å². The first-order valence-electron chi connectivity index (χ1n) is 8.69. The van der Waals surface area contributed by atoms with E-state index in [0.29, 0.717) is 0 Å². The molecule has 0 aromatic carbocycles. The zero-order valence-corrected chi connectivity index (χ0v) is 16.3. The van der Waals surface area contributed by atoms with Gasteiger partial charge in [0.15, 0.2) is 0 Å². The van der Waals surface area contributed by atoms with E-state index in [-0.39, 0.29) is 0 Å². The fraction of sp³-hybridized carbons (Fsp3) is 0.750. The zero-order chi connectivity index (χ0) is 23.4. The maximum Gasteiger partial charge on any atom is 0.421 e. The van der Waals surface area contributed by atoms with E-state index in [1.807, 2.05) is 0 Å². The molecule has 0 saturated carbocycles. The topological polar surface area (TPSA) is 227 Å². The van der Waals surface area contributed by atoms with Crippen molar-refractivity contribution < 1.29 is 69.1 Å². The zero-order valence-electron chi connectivity index (χ0n) is 16.3. The van der Waals surface area contributed by atoms with Crippen molar-refractivity contribution in [3.63, 3.8) is 0 Å². The molecule has 1 heterocycles. The smallest absolute Gasteiger partial charge is 0.421 e. The Hall–Kier alpha value is -2.20. The van der Waals surface area contributed by atoms with Gasteiger partial charge in [-0.1, -0.05) is 6.92 Å². The van der Waals surface area contributed by atoms with Crippen LogP contribution in [0, 0.1) is 0 Å². The van der Waals surface area contributed by atoms with Crippen molar-refractivity contribution in [1.29, 1.82) is 0 Å². The first kappa shape index (κ1) is 25.8. The molecule has 0 amide bonds. The highest BCUT2D eigenvalue weighted by Crippen LogP contribution is 2.41. The maximum absolute atomic E-state index is 12.7. The predicted octanol–water partition coefficient (Wildman–Crippen LogP) is -4.19. The van der Waals surface area contributed by atoms with Crippen LogP contribution in [0.5, 0.6) is 0 Å². The summed E-state index contributed by atoms with van der Waals surface area (Å²) < 4.78 is 9.85. The van der Waals surface area contributed by atoms with Gasteiger partial charge in [0.2, 0.25) is 11.6 Å². The molecule has 0 aliphatic carbocycles. The molecule has 3 unspecified atom stereocenters. The van der Waals surface area contributed by atoms with E-state index in [2.05, 4.69) is 9.78 Å². The number of ether oxygens (including phenoxy) is 2. The van der Waals surface area contributed by atoms with Crippen LogP contribution >= 0.6 is 0 Å². The average Bonchev–Trinajstić information content (AvgIpc) is 2.70. The first-order valence-corrected chi connectivity index (χ1v) is 8.69. The van der Waals surface area contributed by atoms with E-state index in [0.717, 1.165) is 20.8 Å². The fourth-order valence-electron chi connectivity index (χ4n) is 2.68. The summed E-state index contributed by atoms with van der Waals surface area (Å²) in [4.78, 5) is 55.0. The van der Waals surface area contributed by atoms with E-state index < -0.39 is 78.6 Å². The molecule has 6 N–H and O–H groups in total. The van der Waals surface area contributed by atoms with Crippen LogP contribution in [-0.4, -0.2) is 103 Å². The Kier molecular flexibility index (Phi) is 8.39. The highest BCUT2D eigenvalue weighted by atomic mass is 17.2. The number of Topliss-reactive ketones (excluding diaryl/α,β-unsaturated/α-hetero) is 1. The van der Waals surface area contributed by atoms with Crippen molar-refractivity contribution in [2.45, 2.75) is 69.1 Å². The number of ketones is 1. The van der Waals surface area contributed by atoms with Gasteiger partial charge in [0.05, 0.1) is 6.61 Å². The fourth-order valence-corrected chi connectivity index (χ4v) is 2.68. The Labute approximate surface area is 169 Å². The molecule has 14 nitrogen and oxygen atoms in total. The van der Waals surface area contributed by atoms with Crippen molar-refractivity contribution >= 4 is 23.7 Å². The van der Waals surface area contributed by atoms with E-state index in [1.165, 1.54) is 0 Å². The number of carbonyl (C=O) groups is 4. The van der Waals surface area contributed by atoms with Crippen LogP contribution in [0.25, 0.3) is 0 Å². The summed E-state index contributed by atoms with van der Waals surface area (Å²) in [5.74, 6) is -9.61. The van der Waals surface area contributed by atoms with Crippen LogP contribution in [0.15, 0.2) is 0 Å². The molecule has 172 valence electrons. The molecular weight excluding hydrogens is 416 g/mol. The molecule has 1 aliphatic rings. The number of carbonyl (C=O) groups excluding carboxylic acids is 4. The maximum atomic E-state index is 12.7. The van der Waals surface area contributed by atoms with Crippen LogP contribution in [0.1, 0.15) is 27.2 Å². The highest BCUT2D eigenvalue weighted by Gasteiger charge is 2.70. The van der Waals surface area contributed by atoms with Crippen molar-refractivity contribution in [2.24, 2.45) is 0 Å². The molecule has 30 heavy (non-hydrogen) atoms. The Morgan fingerprint density at radius 2 is 1.70 bits per heavy atom. The van der Waals surface area contributed by atoms with Crippen LogP contribution in [0.4, 0.5) is 0 Å². The summed E-state index contributed by atoms with van der Waals surface area (Å²) in [6.45, 7) is 1.80. The second-order valence-electron chi connectivity index (χ2n) is 6.54. The summed E-state index contributed by atoms with van der Waals surface area (Å²) >= 11 is 0. The molecule has 1 fully saturated rings. The number of hydrogen-bond acceptors (Lipinski definition) is 14. The van der Waals surface area contributed by atoms with E-state index in [1.54, 1.807) is 0 Å². The summed E-state index contributed by atoms with van der Waals surface area (Å²) in [5, 5.41) is 59.9. The van der Waals surface area contributed by atoms with Gasteiger partial charge in [0, 0.05) is 13.3 Å². The molecule has 0 aromatic rings. The number of aliphatic hydroxyl groups is 6. The number of aliphatic hydroxyl groups excluding tert-OH is 5. The lowest BCUT2D eigenvalue weighted by atomic mass is 9.79. The van der Waals surface area contributed by atoms with Crippen molar-refractivity contribution in [1.82, 2.24) is 0 Å². The summed E-state index contributed by atoms with van der Waals surface area (Å²) in [6, 6.07) is 0. The molecule has 0 bridgehead atoms. The van der Waals surface area contributed by atoms with Crippen LogP contribution in [0.3, 0.4) is 0 Å². The predicted molar refractivity (Wildman–Crippen MR) is 88.6 cm³/mol. The minimum atomic E-state index is -3.38. The molecule has 0 spiro atoms. The standard InChI is InChI=1S/C16H24O14/c1-4-15(28-12(23)6(2)18,14(25)30-29-13(24)7(3)19)16(26)11(22)10(21)9(20)8(5-17)27-16/h6,8-11,17-18,20-22,26H,4-5H2,1-3H3/t6?,8-,9-,10+,11-,15?,16?/m1/s1. The lowest BCUT2D eigenvalue weighted by Gasteiger charge is -2.51. The molecule has 0 radical (unpaired) electrons. The molecule has 1 aliphatic heterocycles. The van der Waals surface area contributed by atoms with Gasteiger partial charge in [0.25, 0.3) is 5.60 Å². The second kappa shape index (κ2) is 9.74. The third kappa shape index (κ3) is 4.59. The molecule has 1 rings (SSSR count). The highest BCUT2D eigenvalue weighted by molar-refractivity contribution is 6.32. The van der Waals surface area contributed by atoms with E-state index in [4.69, 9.17) is 9.47 Å². The normalized spacial score (nSPS) is 31.8. The minimum Gasteiger partial charge on any atom is -0.439 e. The van der Waals surface area contributed by atoms with Gasteiger partial charge in [0.1, 0.15) is 30.5 Å². The Morgan fingerprint density at radius 3 is 2.13 bits per heavy atom. The third-order valence-electron chi connectivity index (χ3n) is 4.47. The van der Waals surface area contributed by atoms with Gasteiger partial charge in [-0.3, -0.25) is 4.79 Å². The van der Waals surface area contributed by atoms with Gasteiger partial charge in [-0.05, 0) is 6.92 Å². The Morgan fingerprint density at radius 1 is 1.13 bits per heavy atom. The van der Waals surface area contributed by atoms with Crippen LogP contribution in [-0.2, 0) is 38.4 Å².